The Hall–Kier alpha value is -0.980. The molecule has 0 bridgehead atoms. The lowest BCUT2D eigenvalue weighted by molar-refractivity contribution is -0.280. The smallest absolute Gasteiger partial charge is 0.164 e. The number of hydrazone groups is 1. The predicted octanol–water partition coefficient (Wildman–Crippen LogP) is 2.75. The first-order chi connectivity index (χ1) is 11.2. The van der Waals surface area contributed by atoms with Gasteiger partial charge in [0.2, 0.25) is 0 Å². The molecule has 0 aromatic rings. The van der Waals surface area contributed by atoms with Crippen LogP contribution in [0.1, 0.15) is 60.3 Å². The molecule has 2 rings (SSSR count). The number of ketones is 1. The fraction of sp³-hybridized carbons (Fsp3) is 0.889. The zero-order chi connectivity index (χ0) is 18.0. The van der Waals surface area contributed by atoms with Crippen LogP contribution in [0.3, 0.4) is 0 Å². The molecule has 0 radical (unpaired) electrons. The van der Waals surface area contributed by atoms with E-state index in [0.29, 0.717) is 25.5 Å². The number of methoxy groups -OCH3 is 1. The third-order valence-electron chi connectivity index (χ3n) is 4.75. The van der Waals surface area contributed by atoms with Gasteiger partial charge in [0, 0.05) is 20.1 Å². The Balaban J connectivity index is 2.28. The van der Waals surface area contributed by atoms with Gasteiger partial charge in [0.1, 0.15) is 17.5 Å². The molecule has 138 valence electrons. The van der Waals surface area contributed by atoms with Gasteiger partial charge in [-0.3, -0.25) is 5.01 Å². The summed E-state index contributed by atoms with van der Waals surface area (Å²) in [5.74, 6) is -0.532. The van der Waals surface area contributed by atoms with Crippen LogP contribution < -0.4 is 0 Å². The summed E-state index contributed by atoms with van der Waals surface area (Å²) in [6.45, 7) is 11.1. The van der Waals surface area contributed by atoms with E-state index in [-0.39, 0.29) is 11.9 Å². The number of carbonyl (C=O) groups is 1. The topological polar surface area (TPSA) is 60.4 Å². The van der Waals surface area contributed by atoms with Gasteiger partial charge in [-0.1, -0.05) is 0 Å². The van der Waals surface area contributed by atoms with E-state index in [4.69, 9.17) is 19.3 Å². The second-order valence-electron chi connectivity index (χ2n) is 7.59. The molecule has 6 heteroatoms. The van der Waals surface area contributed by atoms with Gasteiger partial charge in [-0.2, -0.15) is 5.10 Å². The first kappa shape index (κ1) is 19.3. The van der Waals surface area contributed by atoms with Crippen molar-refractivity contribution in [3.05, 3.63) is 0 Å². The molecule has 0 amide bonds. The zero-order valence-corrected chi connectivity index (χ0v) is 15.9. The van der Waals surface area contributed by atoms with Gasteiger partial charge in [-0.15, -0.1) is 0 Å². The first-order valence-electron chi connectivity index (χ1n) is 8.89. The van der Waals surface area contributed by atoms with Crippen molar-refractivity contribution in [1.29, 1.82) is 0 Å². The van der Waals surface area contributed by atoms with E-state index < -0.39 is 11.4 Å². The van der Waals surface area contributed by atoms with E-state index in [1.165, 1.54) is 0 Å². The SMILES string of the molecule is COC[C@H]1CCCN1/N=C1\[C@@H](C)OC(C)(C)O[C@]1(C)CCC(C)=O. The van der Waals surface area contributed by atoms with Crippen LogP contribution in [0.2, 0.25) is 0 Å². The average molecular weight is 340 g/mol. The zero-order valence-electron chi connectivity index (χ0n) is 15.9. The molecule has 2 fully saturated rings. The van der Waals surface area contributed by atoms with E-state index in [0.717, 1.165) is 25.1 Å². The Morgan fingerprint density at radius 3 is 2.75 bits per heavy atom. The number of nitrogens with zero attached hydrogens (tertiary/aromatic N) is 2. The minimum absolute atomic E-state index is 0.158. The van der Waals surface area contributed by atoms with Crippen molar-refractivity contribution in [3.8, 4) is 0 Å². The molecule has 0 saturated carbocycles. The maximum absolute atomic E-state index is 11.5. The fourth-order valence-corrected chi connectivity index (χ4v) is 3.76. The molecule has 2 aliphatic rings. The van der Waals surface area contributed by atoms with Gasteiger partial charge in [-0.05, 0) is 53.9 Å². The van der Waals surface area contributed by atoms with E-state index in [1.54, 1.807) is 14.0 Å². The molecule has 3 atom stereocenters. The van der Waals surface area contributed by atoms with Crippen molar-refractivity contribution in [2.75, 3.05) is 20.3 Å². The van der Waals surface area contributed by atoms with Crippen LogP contribution in [-0.4, -0.2) is 60.3 Å². The van der Waals surface area contributed by atoms with Gasteiger partial charge >= 0.3 is 0 Å². The second kappa shape index (κ2) is 7.50. The van der Waals surface area contributed by atoms with Crippen LogP contribution in [0.25, 0.3) is 0 Å². The standard InChI is InChI=1S/C18H32N2O4/c1-13(21)9-10-18(5)16(14(2)23-17(3,4)24-18)19-20-11-7-8-15(20)12-22-6/h14-15H,7-12H2,1-6H3/b19-16+/t14-,15-,18-/m1/s1. The van der Waals surface area contributed by atoms with Crippen LogP contribution in [0.5, 0.6) is 0 Å². The molecule has 0 spiro atoms. The number of rotatable bonds is 6. The van der Waals surface area contributed by atoms with E-state index >= 15 is 0 Å². The van der Waals surface area contributed by atoms with Crippen LogP contribution in [0.15, 0.2) is 5.10 Å². The molecule has 0 aliphatic carbocycles. The maximum atomic E-state index is 11.5. The lowest BCUT2D eigenvalue weighted by Crippen LogP contribution is -2.58. The Labute approximate surface area is 145 Å². The van der Waals surface area contributed by atoms with Crippen LogP contribution >= 0.6 is 0 Å². The lowest BCUT2D eigenvalue weighted by atomic mass is 9.88. The predicted molar refractivity (Wildman–Crippen MR) is 93.1 cm³/mol. The highest BCUT2D eigenvalue weighted by Gasteiger charge is 2.47. The number of ether oxygens (including phenoxy) is 3. The van der Waals surface area contributed by atoms with Crippen molar-refractivity contribution < 1.29 is 19.0 Å². The highest BCUT2D eigenvalue weighted by molar-refractivity contribution is 5.96. The monoisotopic (exact) mass is 340 g/mol. The van der Waals surface area contributed by atoms with Crippen molar-refractivity contribution in [3.63, 3.8) is 0 Å². The number of carbonyl (C=O) groups excluding carboxylic acids is 1. The number of Topliss-reactive ketones (excluding diaryl/α,β-unsaturated/α-hetero) is 1. The summed E-state index contributed by atoms with van der Waals surface area (Å²) in [6, 6.07) is 0.293. The largest absolute Gasteiger partial charge is 0.382 e. The summed E-state index contributed by atoms with van der Waals surface area (Å²) in [5, 5.41) is 7.03. The summed E-state index contributed by atoms with van der Waals surface area (Å²) < 4.78 is 17.6. The summed E-state index contributed by atoms with van der Waals surface area (Å²) in [5.41, 5.74) is 0.263. The Kier molecular flexibility index (Phi) is 6.04. The Bertz CT molecular complexity index is 491. The molecule has 0 aromatic heterocycles. The van der Waals surface area contributed by atoms with Crippen molar-refractivity contribution in [1.82, 2.24) is 5.01 Å². The Morgan fingerprint density at radius 1 is 1.42 bits per heavy atom. The molecule has 24 heavy (non-hydrogen) atoms. The van der Waals surface area contributed by atoms with Gasteiger partial charge in [0.05, 0.1) is 18.4 Å². The maximum Gasteiger partial charge on any atom is 0.164 e. The van der Waals surface area contributed by atoms with Crippen molar-refractivity contribution >= 4 is 11.5 Å². The molecular formula is C18H32N2O4. The van der Waals surface area contributed by atoms with Crippen LogP contribution in [-0.2, 0) is 19.0 Å². The fourth-order valence-electron chi connectivity index (χ4n) is 3.76. The first-order valence-corrected chi connectivity index (χ1v) is 8.89. The molecule has 2 saturated heterocycles. The van der Waals surface area contributed by atoms with Gasteiger partial charge in [0.25, 0.3) is 0 Å². The summed E-state index contributed by atoms with van der Waals surface area (Å²) in [4.78, 5) is 11.5. The third-order valence-corrected chi connectivity index (χ3v) is 4.75. The van der Waals surface area contributed by atoms with Crippen LogP contribution in [0, 0.1) is 0 Å². The third kappa shape index (κ3) is 4.55. The minimum atomic E-state index is -0.694. The quantitative estimate of drug-likeness (QED) is 0.744. The average Bonchev–Trinajstić information content (AvgIpc) is 2.88. The summed E-state index contributed by atoms with van der Waals surface area (Å²) in [6.07, 6.45) is 3.11. The Morgan fingerprint density at radius 2 is 2.12 bits per heavy atom. The summed E-state index contributed by atoms with van der Waals surface area (Å²) >= 11 is 0. The molecule has 0 N–H and O–H groups in total. The summed E-state index contributed by atoms with van der Waals surface area (Å²) in [7, 11) is 1.72. The highest BCUT2D eigenvalue weighted by atomic mass is 16.7. The highest BCUT2D eigenvalue weighted by Crippen LogP contribution is 2.36. The molecular weight excluding hydrogens is 308 g/mol. The molecule has 0 unspecified atom stereocenters. The van der Waals surface area contributed by atoms with E-state index in [1.807, 2.05) is 27.7 Å². The molecule has 2 aliphatic heterocycles. The van der Waals surface area contributed by atoms with Gasteiger partial charge in [-0.25, -0.2) is 0 Å². The molecule has 0 aromatic carbocycles. The van der Waals surface area contributed by atoms with Crippen molar-refractivity contribution in [2.45, 2.75) is 83.8 Å². The number of hydrogen-bond acceptors (Lipinski definition) is 6. The number of hydrogen-bond donors (Lipinski definition) is 0. The van der Waals surface area contributed by atoms with Gasteiger partial charge in [0.15, 0.2) is 5.79 Å². The van der Waals surface area contributed by atoms with Crippen LogP contribution in [0.4, 0.5) is 0 Å². The van der Waals surface area contributed by atoms with E-state index in [9.17, 15) is 4.79 Å². The normalized spacial score (nSPS) is 34.8. The van der Waals surface area contributed by atoms with Crippen molar-refractivity contribution in [2.24, 2.45) is 5.10 Å². The minimum Gasteiger partial charge on any atom is -0.382 e. The lowest BCUT2D eigenvalue weighted by Gasteiger charge is -2.47. The molecule has 6 nitrogen and oxygen atoms in total. The van der Waals surface area contributed by atoms with Gasteiger partial charge < -0.3 is 19.0 Å². The van der Waals surface area contributed by atoms with E-state index in [2.05, 4.69) is 5.01 Å². The second-order valence-corrected chi connectivity index (χ2v) is 7.59. The molecule has 2 heterocycles.